The molecule has 0 bridgehead atoms. The molecule has 3 rings (SSSR count). The van der Waals surface area contributed by atoms with Crippen LogP contribution in [0.15, 0.2) is 42.5 Å². The molecule has 2 aromatic carbocycles. The summed E-state index contributed by atoms with van der Waals surface area (Å²) in [7, 11) is 1.51. The van der Waals surface area contributed by atoms with Gasteiger partial charge in [-0.1, -0.05) is 29.8 Å². The maximum absolute atomic E-state index is 12.9. The number of hydrogen-bond acceptors (Lipinski definition) is 2. The van der Waals surface area contributed by atoms with Gasteiger partial charge < -0.3 is 10.1 Å². The number of para-hydroxylation sites is 1. The molecule has 2 atom stereocenters. The van der Waals surface area contributed by atoms with Gasteiger partial charge in [0, 0.05) is 5.92 Å². The van der Waals surface area contributed by atoms with Gasteiger partial charge in [0.2, 0.25) is 5.91 Å². The Morgan fingerprint density at radius 1 is 1.27 bits per heavy atom. The molecule has 22 heavy (non-hydrogen) atoms. The van der Waals surface area contributed by atoms with Crippen LogP contribution in [0.4, 0.5) is 10.1 Å². The van der Waals surface area contributed by atoms with E-state index in [9.17, 15) is 9.18 Å². The number of hydrogen-bond donors (Lipinski definition) is 1. The lowest BCUT2D eigenvalue weighted by molar-refractivity contribution is -0.117. The predicted octanol–water partition coefficient (Wildman–Crippen LogP) is 4.23. The van der Waals surface area contributed by atoms with Crippen LogP contribution in [0.5, 0.6) is 5.75 Å². The fourth-order valence-electron chi connectivity index (χ4n) is 2.60. The second-order valence-corrected chi connectivity index (χ2v) is 5.72. The molecule has 114 valence electrons. The van der Waals surface area contributed by atoms with E-state index in [0.717, 1.165) is 12.0 Å². The molecule has 3 nitrogen and oxygen atoms in total. The van der Waals surface area contributed by atoms with Gasteiger partial charge in [-0.3, -0.25) is 4.79 Å². The normalized spacial score (nSPS) is 19.6. The van der Waals surface area contributed by atoms with E-state index in [0.29, 0.717) is 16.5 Å². The summed E-state index contributed by atoms with van der Waals surface area (Å²) in [6, 6.07) is 11.5. The van der Waals surface area contributed by atoms with Gasteiger partial charge in [-0.05, 0) is 42.2 Å². The number of amides is 1. The van der Waals surface area contributed by atoms with Gasteiger partial charge in [0.25, 0.3) is 0 Å². The second-order valence-electron chi connectivity index (χ2n) is 5.31. The zero-order chi connectivity index (χ0) is 15.7. The van der Waals surface area contributed by atoms with Crippen LogP contribution in [0, 0.1) is 11.7 Å². The van der Waals surface area contributed by atoms with Gasteiger partial charge >= 0.3 is 0 Å². The molecule has 0 heterocycles. The SMILES string of the molecule is COc1c(Cl)cccc1NC(=O)C1CC1c1ccc(F)cc1. The fraction of sp³-hybridized carbons (Fsp3) is 0.235. The molecule has 1 amide bonds. The van der Waals surface area contributed by atoms with Crippen LogP contribution < -0.4 is 10.1 Å². The van der Waals surface area contributed by atoms with Crippen LogP contribution in [0.3, 0.4) is 0 Å². The Hall–Kier alpha value is -2.07. The van der Waals surface area contributed by atoms with E-state index in [1.54, 1.807) is 30.3 Å². The van der Waals surface area contributed by atoms with Crippen molar-refractivity contribution < 1.29 is 13.9 Å². The van der Waals surface area contributed by atoms with Crippen molar-refractivity contribution in [1.29, 1.82) is 0 Å². The van der Waals surface area contributed by atoms with Crippen LogP contribution in [-0.2, 0) is 4.79 Å². The van der Waals surface area contributed by atoms with Crippen molar-refractivity contribution in [3.8, 4) is 5.75 Å². The third kappa shape index (κ3) is 2.92. The lowest BCUT2D eigenvalue weighted by Crippen LogP contribution is -2.15. The number of benzene rings is 2. The number of ether oxygens (including phenoxy) is 1. The molecule has 1 aliphatic carbocycles. The minimum Gasteiger partial charge on any atom is -0.493 e. The molecule has 2 aromatic rings. The van der Waals surface area contributed by atoms with Gasteiger partial charge in [-0.25, -0.2) is 4.39 Å². The van der Waals surface area contributed by atoms with E-state index in [1.165, 1.54) is 19.2 Å². The average Bonchev–Trinajstić information content (AvgIpc) is 3.29. The first-order chi connectivity index (χ1) is 10.6. The van der Waals surface area contributed by atoms with Gasteiger partial charge in [0.1, 0.15) is 5.82 Å². The van der Waals surface area contributed by atoms with E-state index in [-0.39, 0.29) is 23.6 Å². The molecule has 0 saturated heterocycles. The van der Waals surface area contributed by atoms with Crippen LogP contribution in [0.25, 0.3) is 0 Å². The van der Waals surface area contributed by atoms with E-state index in [1.807, 2.05) is 0 Å². The number of carbonyl (C=O) groups is 1. The van der Waals surface area contributed by atoms with E-state index >= 15 is 0 Å². The molecule has 1 N–H and O–H groups in total. The monoisotopic (exact) mass is 319 g/mol. The topological polar surface area (TPSA) is 38.3 Å². The van der Waals surface area contributed by atoms with Crippen molar-refractivity contribution in [2.75, 3.05) is 12.4 Å². The Bertz CT molecular complexity index is 702. The average molecular weight is 320 g/mol. The van der Waals surface area contributed by atoms with Gasteiger partial charge in [0.05, 0.1) is 17.8 Å². The van der Waals surface area contributed by atoms with Gasteiger partial charge in [-0.15, -0.1) is 0 Å². The van der Waals surface area contributed by atoms with Crippen LogP contribution in [0.1, 0.15) is 17.9 Å². The quantitative estimate of drug-likeness (QED) is 0.915. The number of carbonyl (C=O) groups excluding carboxylic acids is 1. The molecule has 0 aromatic heterocycles. The summed E-state index contributed by atoms with van der Waals surface area (Å²) in [5.74, 6) is 0.153. The Kier molecular flexibility index (Phi) is 4.03. The lowest BCUT2D eigenvalue weighted by Gasteiger charge is -2.11. The highest BCUT2D eigenvalue weighted by atomic mass is 35.5. The Morgan fingerprint density at radius 2 is 2.00 bits per heavy atom. The van der Waals surface area contributed by atoms with Crippen LogP contribution in [0.2, 0.25) is 5.02 Å². The summed E-state index contributed by atoms with van der Waals surface area (Å²) in [6.07, 6.45) is 0.764. The van der Waals surface area contributed by atoms with Gasteiger partial charge in [0.15, 0.2) is 5.75 Å². The number of rotatable bonds is 4. The van der Waals surface area contributed by atoms with E-state index in [2.05, 4.69) is 5.32 Å². The first kappa shape index (κ1) is 14.9. The highest BCUT2D eigenvalue weighted by Gasteiger charge is 2.44. The maximum atomic E-state index is 12.9. The zero-order valence-corrected chi connectivity index (χ0v) is 12.7. The van der Waals surface area contributed by atoms with Crippen molar-refractivity contribution in [2.45, 2.75) is 12.3 Å². The Morgan fingerprint density at radius 3 is 2.68 bits per heavy atom. The first-order valence-corrected chi connectivity index (χ1v) is 7.36. The standard InChI is InChI=1S/C17H15ClFNO2/c1-22-16-14(18)3-2-4-15(16)20-17(21)13-9-12(13)10-5-7-11(19)8-6-10/h2-8,12-13H,9H2,1H3,(H,20,21). The highest BCUT2D eigenvalue weighted by molar-refractivity contribution is 6.32. The molecular weight excluding hydrogens is 305 g/mol. The molecular formula is C17H15ClFNO2. The minimum absolute atomic E-state index is 0.0742. The van der Waals surface area contributed by atoms with Crippen molar-refractivity contribution in [3.63, 3.8) is 0 Å². The predicted molar refractivity (Wildman–Crippen MR) is 83.9 cm³/mol. The smallest absolute Gasteiger partial charge is 0.228 e. The molecule has 0 radical (unpaired) electrons. The summed E-state index contributed by atoms with van der Waals surface area (Å²) >= 11 is 6.04. The minimum atomic E-state index is -0.269. The summed E-state index contributed by atoms with van der Waals surface area (Å²) in [4.78, 5) is 12.3. The van der Waals surface area contributed by atoms with E-state index < -0.39 is 0 Å². The number of anilines is 1. The molecule has 1 aliphatic rings. The molecule has 1 saturated carbocycles. The van der Waals surface area contributed by atoms with Crippen LogP contribution in [-0.4, -0.2) is 13.0 Å². The van der Waals surface area contributed by atoms with Crippen molar-refractivity contribution in [3.05, 3.63) is 58.9 Å². The molecule has 2 unspecified atom stereocenters. The number of nitrogens with one attached hydrogen (secondary N) is 1. The molecule has 1 fully saturated rings. The molecule has 0 spiro atoms. The van der Waals surface area contributed by atoms with Crippen molar-refractivity contribution in [1.82, 2.24) is 0 Å². The first-order valence-electron chi connectivity index (χ1n) is 6.99. The van der Waals surface area contributed by atoms with Crippen LogP contribution >= 0.6 is 11.6 Å². The highest BCUT2D eigenvalue weighted by Crippen LogP contribution is 2.48. The summed E-state index contributed by atoms with van der Waals surface area (Å²) in [6.45, 7) is 0. The Balaban J connectivity index is 1.69. The largest absolute Gasteiger partial charge is 0.493 e. The third-order valence-electron chi connectivity index (χ3n) is 3.85. The Labute approximate surface area is 133 Å². The molecule has 5 heteroatoms. The number of methoxy groups -OCH3 is 1. The second kappa shape index (κ2) is 5.97. The summed E-state index contributed by atoms with van der Waals surface area (Å²) < 4.78 is 18.1. The van der Waals surface area contributed by atoms with Crippen molar-refractivity contribution in [2.24, 2.45) is 5.92 Å². The van der Waals surface area contributed by atoms with E-state index in [4.69, 9.17) is 16.3 Å². The lowest BCUT2D eigenvalue weighted by atomic mass is 10.1. The zero-order valence-electron chi connectivity index (χ0n) is 12.0. The van der Waals surface area contributed by atoms with Gasteiger partial charge in [-0.2, -0.15) is 0 Å². The third-order valence-corrected chi connectivity index (χ3v) is 4.15. The van der Waals surface area contributed by atoms with Crippen molar-refractivity contribution >= 4 is 23.2 Å². The fourth-order valence-corrected chi connectivity index (χ4v) is 2.85. The molecule has 0 aliphatic heterocycles. The summed E-state index contributed by atoms with van der Waals surface area (Å²) in [5.41, 5.74) is 1.55. The number of halogens is 2. The summed E-state index contributed by atoms with van der Waals surface area (Å²) in [5, 5.41) is 3.30. The maximum Gasteiger partial charge on any atom is 0.228 e.